The summed E-state index contributed by atoms with van der Waals surface area (Å²) in [7, 11) is 0. The van der Waals surface area contributed by atoms with Crippen LogP contribution in [-0.4, -0.2) is 50.9 Å². The standard InChI is InChI=1S/C19H21ClN6O3/c1-4-28-13-8-25(9-13)16-7-21-26(19(27)17(16)20)10-14-12(3)29-24-18(14)15-6-5-11(2)22-23-15/h5-7,13H,4,8-10H2,1-3H3. The van der Waals surface area contributed by atoms with E-state index in [0.29, 0.717) is 48.1 Å². The van der Waals surface area contributed by atoms with E-state index in [1.54, 1.807) is 13.1 Å². The Morgan fingerprint density at radius 3 is 2.76 bits per heavy atom. The minimum atomic E-state index is -0.370. The van der Waals surface area contributed by atoms with Gasteiger partial charge in [0.25, 0.3) is 5.56 Å². The van der Waals surface area contributed by atoms with Crippen LogP contribution in [-0.2, 0) is 11.3 Å². The Kier molecular flexibility index (Phi) is 5.33. The zero-order valence-electron chi connectivity index (χ0n) is 16.4. The quantitative estimate of drug-likeness (QED) is 0.603. The Morgan fingerprint density at radius 1 is 1.28 bits per heavy atom. The first-order valence-electron chi connectivity index (χ1n) is 9.36. The highest BCUT2D eigenvalue weighted by Gasteiger charge is 2.30. The Morgan fingerprint density at radius 2 is 2.07 bits per heavy atom. The molecule has 0 spiro atoms. The predicted octanol–water partition coefficient (Wildman–Crippen LogP) is 2.23. The maximum absolute atomic E-state index is 12.8. The summed E-state index contributed by atoms with van der Waals surface area (Å²) in [5, 5.41) is 16.7. The van der Waals surface area contributed by atoms with Crippen molar-refractivity contribution < 1.29 is 9.26 Å². The van der Waals surface area contributed by atoms with Gasteiger partial charge in [-0.15, -0.1) is 5.10 Å². The van der Waals surface area contributed by atoms with Gasteiger partial charge in [-0.05, 0) is 32.9 Å². The molecular weight excluding hydrogens is 396 g/mol. The van der Waals surface area contributed by atoms with Crippen molar-refractivity contribution >= 4 is 17.3 Å². The molecule has 0 bridgehead atoms. The molecule has 0 aromatic carbocycles. The predicted molar refractivity (Wildman–Crippen MR) is 107 cm³/mol. The van der Waals surface area contributed by atoms with Gasteiger partial charge in [-0.25, -0.2) is 4.68 Å². The minimum Gasteiger partial charge on any atom is -0.375 e. The highest BCUT2D eigenvalue weighted by atomic mass is 35.5. The molecule has 0 saturated carbocycles. The molecule has 4 heterocycles. The Labute approximate surface area is 172 Å². The maximum Gasteiger partial charge on any atom is 0.287 e. The molecule has 0 unspecified atom stereocenters. The molecule has 0 aliphatic carbocycles. The lowest BCUT2D eigenvalue weighted by atomic mass is 10.1. The van der Waals surface area contributed by atoms with Crippen LogP contribution in [0.15, 0.2) is 27.6 Å². The SMILES string of the molecule is CCOC1CN(c2cnn(Cc3c(-c4ccc(C)nn4)noc3C)c(=O)c2Cl)C1. The summed E-state index contributed by atoms with van der Waals surface area (Å²) < 4.78 is 12.2. The second-order valence-corrected chi connectivity index (χ2v) is 7.29. The Balaban J connectivity index is 1.60. The van der Waals surface area contributed by atoms with E-state index in [0.717, 1.165) is 5.69 Å². The molecule has 9 nitrogen and oxygen atoms in total. The molecular formula is C19H21ClN6O3. The first kappa shape index (κ1) is 19.5. The second kappa shape index (κ2) is 7.92. The molecule has 4 rings (SSSR count). The van der Waals surface area contributed by atoms with E-state index in [9.17, 15) is 4.79 Å². The van der Waals surface area contributed by atoms with Crippen LogP contribution >= 0.6 is 11.6 Å². The smallest absolute Gasteiger partial charge is 0.287 e. The second-order valence-electron chi connectivity index (χ2n) is 6.91. The van der Waals surface area contributed by atoms with Crippen LogP contribution in [0.4, 0.5) is 5.69 Å². The average molecular weight is 417 g/mol. The summed E-state index contributed by atoms with van der Waals surface area (Å²) in [4.78, 5) is 14.8. The normalized spacial score (nSPS) is 14.3. The number of hydrogen-bond acceptors (Lipinski definition) is 8. The fourth-order valence-corrected chi connectivity index (χ4v) is 3.48. The largest absolute Gasteiger partial charge is 0.375 e. The van der Waals surface area contributed by atoms with Gasteiger partial charge in [0.2, 0.25) is 0 Å². The van der Waals surface area contributed by atoms with Gasteiger partial charge in [0.15, 0.2) is 0 Å². The van der Waals surface area contributed by atoms with Crippen LogP contribution in [0.25, 0.3) is 11.4 Å². The van der Waals surface area contributed by atoms with E-state index in [-0.39, 0.29) is 23.2 Å². The van der Waals surface area contributed by atoms with Crippen molar-refractivity contribution in [3.8, 4) is 11.4 Å². The molecule has 0 atom stereocenters. The van der Waals surface area contributed by atoms with E-state index in [2.05, 4.69) is 20.5 Å². The van der Waals surface area contributed by atoms with Crippen molar-refractivity contribution in [3.05, 3.63) is 50.7 Å². The third-order valence-electron chi connectivity index (χ3n) is 4.89. The van der Waals surface area contributed by atoms with Crippen molar-refractivity contribution in [3.63, 3.8) is 0 Å². The summed E-state index contributed by atoms with van der Waals surface area (Å²) in [6.07, 6.45) is 1.77. The molecule has 0 N–H and O–H groups in total. The van der Waals surface area contributed by atoms with E-state index < -0.39 is 0 Å². The molecule has 1 fully saturated rings. The number of ether oxygens (including phenoxy) is 1. The number of nitrogens with zero attached hydrogens (tertiary/aromatic N) is 6. The lowest BCUT2D eigenvalue weighted by molar-refractivity contribution is 0.0430. The summed E-state index contributed by atoms with van der Waals surface area (Å²) in [6.45, 7) is 7.81. The van der Waals surface area contributed by atoms with Gasteiger partial charge in [0.05, 0.1) is 30.2 Å². The first-order valence-corrected chi connectivity index (χ1v) is 9.73. The Hall–Kier alpha value is -2.78. The van der Waals surface area contributed by atoms with Crippen LogP contribution in [0.2, 0.25) is 5.02 Å². The number of anilines is 1. The van der Waals surface area contributed by atoms with Gasteiger partial charge in [0.1, 0.15) is 22.2 Å². The molecule has 152 valence electrons. The average Bonchev–Trinajstić information content (AvgIpc) is 3.04. The highest BCUT2D eigenvalue weighted by Crippen LogP contribution is 2.28. The van der Waals surface area contributed by atoms with E-state index in [1.165, 1.54) is 4.68 Å². The lowest BCUT2D eigenvalue weighted by Gasteiger charge is -2.40. The van der Waals surface area contributed by atoms with Gasteiger partial charge in [-0.3, -0.25) is 4.79 Å². The molecule has 1 aliphatic heterocycles. The number of hydrogen-bond donors (Lipinski definition) is 0. The summed E-state index contributed by atoms with van der Waals surface area (Å²) in [5.74, 6) is 0.582. The van der Waals surface area contributed by atoms with Crippen molar-refractivity contribution in [2.45, 2.75) is 33.4 Å². The Bertz CT molecular complexity index is 1070. The zero-order valence-corrected chi connectivity index (χ0v) is 17.2. The molecule has 0 radical (unpaired) electrons. The van der Waals surface area contributed by atoms with Crippen LogP contribution in [0, 0.1) is 13.8 Å². The van der Waals surface area contributed by atoms with Crippen molar-refractivity contribution in [2.24, 2.45) is 0 Å². The number of aryl methyl sites for hydroxylation is 2. The molecule has 1 aliphatic rings. The van der Waals surface area contributed by atoms with Crippen LogP contribution in [0.1, 0.15) is 23.9 Å². The van der Waals surface area contributed by atoms with Crippen molar-refractivity contribution in [1.82, 2.24) is 25.1 Å². The van der Waals surface area contributed by atoms with E-state index in [4.69, 9.17) is 20.9 Å². The van der Waals surface area contributed by atoms with E-state index in [1.807, 2.05) is 30.9 Å². The van der Waals surface area contributed by atoms with Gasteiger partial charge in [-0.2, -0.15) is 10.2 Å². The maximum atomic E-state index is 12.8. The van der Waals surface area contributed by atoms with Gasteiger partial charge >= 0.3 is 0 Å². The van der Waals surface area contributed by atoms with Gasteiger partial charge < -0.3 is 14.2 Å². The lowest BCUT2D eigenvalue weighted by Crippen LogP contribution is -2.53. The number of aromatic nitrogens is 5. The fraction of sp³-hybridized carbons (Fsp3) is 0.421. The topological polar surface area (TPSA) is 99.2 Å². The number of halogens is 1. The van der Waals surface area contributed by atoms with Crippen LogP contribution < -0.4 is 10.5 Å². The fourth-order valence-electron chi connectivity index (χ4n) is 3.22. The zero-order chi connectivity index (χ0) is 20.5. The molecule has 3 aromatic rings. The summed E-state index contributed by atoms with van der Waals surface area (Å²) in [5.41, 5.74) is 2.86. The third-order valence-corrected chi connectivity index (χ3v) is 5.25. The van der Waals surface area contributed by atoms with Crippen molar-refractivity contribution in [1.29, 1.82) is 0 Å². The molecule has 0 amide bonds. The molecule has 3 aromatic heterocycles. The van der Waals surface area contributed by atoms with Gasteiger partial charge in [0, 0.05) is 25.3 Å². The van der Waals surface area contributed by atoms with Crippen LogP contribution in [0.5, 0.6) is 0 Å². The van der Waals surface area contributed by atoms with Crippen molar-refractivity contribution in [2.75, 3.05) is 24.6 Å². The molecule has 1 saturated heterocycles. The first-order chi connectivity index (χ1) is 14.0. The molecule has 29 heavy (non-hydrogen) atoms. The minimum absolute atomic E-state index is 0.140. The van der Waals surface area contributed by atoms with E-state index >= 15 is 0 Å². The number of rotatable bonds is 6. The highest BCUT2D eigenvalue weighted by molar-refractivity contribution is 6.33. The monoisotopic (exact) mass is 416 g/mol. The summed E-state index contributed by atoms with van der Waals surface area (Å²) >= 11 is 6.37. The third kappa shape index (κ3) is 3.75. The molecule has 10 heteroatoms. The summed E-state index contributed by atoms with van der Waals surface area (Å²) in [6, 6.07) is 3.66. The van der Waals surface area contributed by atoms with Gasteiger partial charge in [-0.1, -0.05) is 16.8 Å². The van der Waals surface area contributed by atoms with Crippen LogP contribution in [0.3, 0.4) is 0 Å².